The molecule has 0 aromatic heterocycles. The van der Waals surface area contributed by atoms with Crippen molar-refractivity contribution in [1.82, 2.24) is 10.2 Å². The standard InChI is InChI=1S/C13H26N2O3/c1-11(2)13-14-10-12(16)15(13)6-4-5-7-18-9-8-17-3/h11,13-14H,4-10H2,1-3H3. The quantitative estimate of drug-likeness (QED) is 0.623. The highest BCUT2D eigenvalue weighted by Crippen LogP contribution is 2.14. The zero-order chi connectivity index (χ0) is 13.4. The number of carbonyl (C=O) groups is 1. The molecule has 1 N–H and O–H groups in total. The molecule has 0 radical (unpaired) electrons. The van der Waals surface area contributed by atoms with Crippen LogP contribution in [-0.2, 0) is 14.3 Å². The van der Waals surface area contributed by atoms with Gasteiger partial charge >= 0.3 is 0 Å². The van der Waals surface area contributed by atoms with Crippen molar-refractivity contribution in [3.63, 3.8) is 0 Å². The van der Waals surface area contributed by atoms with Crippen LogP contribution in [0.5, 0.6) is 0 Å². The predicted molar refractivity (Wildman–Crippen MR) is 70.3 cm³/mol. The predicted octanol–water partition coefficient (Wildman–Crippen LogP) is 0.844. The summed E-state index contributed by atoms with van der Waals surface area (Å²) >= 11 is 0. The topological polar surface area (TPSA) is 50.8 Å². The second-order valence-corrected chi connectivity index (χ2v) is 4.97. The van der Waals surface area contributed by atoms with E-state index in [0.29, 0.717) is 25.7 Å². The van der Waals surface area contributed by atoms with Crippen molar-refractivity contribution in [2.75, 3.05) is 40.0 Å². The van der Waals surface area contributed by atoms with Gasteiger partial charge in [0.15, 0.2) is 0 Å². The van der Waals surface area contributed by atoms with E-state index in [2.05, 4.69) is 19.2 Å². The molecular weight excluding hydrogens is 232 g/mol. The minimum absolute atomic E-state index is 0.201. The van der Waals surface area contributed by atoms with E-state index < -0.39 is 0 Å². The number of hydrogen-bond acceptors (Lipinski definition) is 4. The van der Waals surface area contributed by atoms with Gasteiger partial charge in [0.05, 0.1) is 25.9 Å². The number of unbranched alkanes of at least 4 members (excludes halogenated alkanes) is 1. The van der Waals surface area contributed by atoms with E-state index in [1.54, 1.807) is 7.11 Å². The molecule has 18 heavy (non-hydrogen) atoms. The molecule has 0 aromatic rings. The Morgan fingerprint density at radius 2 is 2.11 bits per heavy atom. The molecule has 5 nitrogen and oxygen atoms in total. The molecule has 1 heterocycles. The molecule has 1 unspecified atom stereocenters. The van der Waals surface area contributed by atoms with Gasteiger partial charge in [0, 0.05) is 20.3 Å². The highest BCUT2D eigenvalue weighted by atomic mass is 16.5. The van der Waals surface area contributed by atoms with Crippen LogP contribution in [0.15, 0.2) is 0 Å². The minimum atomic E-state index is 0.201. The van der Waals surface area contributed by atoms with Crippen molar-refractivity contribution in [3.8, 4) is 0 Å². The van der Waals surface area contributed by atoms with E-state index in [9.17, 15) is 4.79 Å². The molecule has 106 valence electrons. The lowest BCUT2D eigenvalue weighted by Crippen LogP contribution is -2.41. The van der Waals surface area contributed by atoms with E-state index in [1.165, 1.54) is 0 Å². The molecule has 0 saturated carbocycles. The fourth-order valence-corrected chi connectivity index (χ4v) is 2.15. The lowest BCUT2D eigenvalue weighted by Gasteiger charge is -2.27. The molecule has 0 bridgehead atoms. The maximum atomic E-state index is 11.7. The van der Waals surface area contributed by atoms with Crippen LogP contribution in [0.25, 0.3) is 0 Å². The summed E-state index contributed by atoms with van der Waals surface area (Å²) in [5.74, 6) is 0.670. The number of rotatable bonds is 9. The van der Waals surface area contributed by atoms with Crippen molar-refractivity contribution >= 4 is 5.91 Å². The van der Waals surface area contributed by atoms with Crippen molar-refractivity contribution in [2.24, 2.45) is 5.92 Å². The van der Waals surface area contributed by atoms with Gasteiger partial charge in [0.2, 0.25) is 5.91 Å². The van der Waals surface area contributed by atoms with Crippen LogP contribution >= 0.6 is 0 Å². The van der Waals surface area contributed by atoms with Crippen molar-refractivity contribution < 1.29 is 14.3 Å². The summed E-state index contributed by atoms with van der Waals surface area (Å²) in [7, 11) is 1.67. The average Bonchev–Trinajstić information content (AvgIpc) is 2.70. The summed E-state index contributed by atoms with van der Waals surface area (Å²) < 4.78 is 10.3. The third kappa shape index (κ3) is 4.92. The normalized spacial score (nSPS) is 20.1. The van der Waals surface area contributed by atoms with Crippen molar-refractivity contribution in [2.45, 2.75) is 32.9 Å². The number of nitrogens with one attached hydrogen (secondary N) is 1. The van der Waals surface area contributed by atoms with E-state index >= 15 is 0 Å². The summed E-state index contributed by atoms with van der Waals surface area (Å²) in [6.45, 7) is 7.61. The third-order valence-electron chi connectivity index (χ3n) is 3.12. The first-order valence-corrected chi connectivity index (χ1v) is 6.76. The Morgan fingerprint density at radius 3 is 2.78 bits per heavy atom. The Kier molecular flexibility index (Phi) is 7.23. The van der Waals surface area contributed by atoms with E-state index in [4.69, 9.17) is 9.47 Å². The van der Waals surface area contributed by atoms with Crippen LogP contribution in [0.4, 0.5) is 0 Å². The molecule has 0 spiro atoms. The molecule has 0 aliphatic carbocycles. The Labute approximate surface area is 110 Å². The Bertz CT molecular complexity index is 246. The van der Waals surface area contributed by atoms with Crippen LogP contribution in [0.3, 0.4) is 0 Å². The molecule has 1 aliphatic heterocycles. The molecule has 1 aliphatic rings. The lowest BCUT2D eigenvalue weighted by atomic mass is 10.1. The zero-order valence-electron chi connectivity index (χ0n) is 11.8. The van der Waals surface area contributed by atoms with E-state index in [-0.39, 0.29) is 12.1 Å². The van der Waals surface area contributed by atoms with Crippen LogP contribution < -0.4 is 5.32 Å². The average molecular weight is 258 g/mol. The monoisotopic (exact) mass is 258 g/mol. The molecule has 1 atom stereocenters. The van der Waals surface area contributed by atoms with Gasteiger partial charge < -0.3 is 14.4 Å². The third-order valence-corrected chi connectivity index (χ3v) is 3.12. The minimum Gasteiger partial charge on any atom is -0.382 e. The first-order chi connectivity index (χ1) is 8.66. The summed E-state index contributed by atoms with van der Waals surface area (Å²) in [4.78, 5) is 13.7. The smallest absolute Gasteiger partial charge is 0.237 e. The molecule has 0 aromatic carbocycles. The number of amides is 1. The van der Waals surface area contributed by atoms with Gasteiger partial charge in [-0.3, -0.25) is 10.1 Å². The highest BCUT2D eigenvalue weighted by molar-refractivity contribution is 5.80. The molecule has 1 rings (SSSR count). The molecule has 5 heteroatoms. The Morgan fingerprint density at radius 1 is 1.33 bits per heavy atom. The van der Waals surface area contributed by atoms with Crippen LogP contribution in [0.2, 0.25) is 0 Å². The fourth-order valence-electron chi connectivity index (χ4n) is 2.15. The first-order valence-electron chi connectivity index (χ1n) is 6.76. The van der Waals surface area contributed by atoms with Gasteiger partial charge in [-0.15, -0.1) is 0 Å². The molecule has 1 fully saturated rings. The SMILES string of the molecule is COCCOCCCCN1C(=O)CNC1C(C)C. The van der Waals surface area contributed by atoms with Crippen LogP contribution in [0.1, 0.15) is 26.7 Å². The summed E-state index contributed by atoms with van der Waals surface area (Å²) in [6.07, 6.45) is 2.17. The van der Waals surface area contributed by atoms with Gasteiger partial charge in [0.1, 0.15) is 0 Å². The number of ether oxygens (including phenoxy) is 2. The zero-order valence-corrected chi connectivity index (χ0v) is 11.8. The van der Waals surface area contributed by atoms with Gasteiger partial charge in [-0.05, 0) is 18.8 Å². The highest BCUT2D eigenvalue weighted by Gasteiger charge is 2.31. The second-order valence-electron chi connectivity index (χ2n) is 4.97. The van der Waals surface area contributed by atoms with Crippen molar-refractivity contribution in [1.29, 1.82) is 0 Å². The van der Waals surface area contributed by atoms with Crippen LogP contribution in [-0.4, -0.2) is 57.0 Å². The second kappa shape index (κ2) is 8.45. The maximum Gasteiger partial charge on any atom is 0.237 e. The lowest BCUT2D eigenvalue weighted by molar-refractivity contribution is -0.128. The van der Waals surface area contributed by atoms with Crippen LogP contribution in [0, 0.1) is 5.92 Å². The largest absolute Gasteiger partial charge is 0.382 e. The number of hydrogen-bond donors (Lipinski definition) is 1. The van der Waals surface area contributed by atoms with Gasteiger partial charge in [0.25, 0.3) is 0 Å². The summed E-state index contributed by atoms with van der Waals surface area (Å²) in [6, 6.07) is 0. The molecule has 1 saturated heterocycles. The van der Waals surface area contributed by atoms with E-state index in [1.807, 2.05) is 4.90 Å². The summed E-state index contributed by atoms with van der Waals surface area (Å²) in [5.41, 5.74) is 0. The number of methoxy groups -OCH3 is 1. The van der Waals surface area contributed by atoms with E-state index in [0.717, 1.165) is 26.0 Å². The van der Waals surface area contributed by atoms with Gasteiger partial charge in [-0.1, -0.05) is 13.8 Å². The molecular formula is C13H26N2O3. The Hall–Kier alpha value is -0.650. The number of carbonyl (C=O) groups excluding carboxylic acids is 1. The Balaban J connectivity index is 2.11. The fraction of sp³-hybridized carbons (Fsp3) is 0.923. The summed E-state index contributed by atoms with van der Waals surface area (Å²) in [5, 5.41) is 3.25. The van der Waals surface area contributed by atoms with Gasteiger partial charge in [-0.2, -0.15) is 0 Å². The van der Waals surface area contributed by atoms with Gasteiger partial charge in [-0.25, -0.2) is 0 Å². The van der Waals surface area contributed by atoms with Crippen molar-refractivity contribution in [3.05, 3.63) is 0 Å². The first kappa shape index (κ1) is 15.4. The maximum absolute atomic E-state index is 11.7. The molecule has 1 amide bonds. The number of nitrogens with zero attached hydrogens (tertiary/aromatic N) is 1.